The molecule has 0 spiro atoms. The van der Waals surface area contributed by atoms with Gasteiger partial charge in [-0.25, -0.2) is 8.42 Å². The van der Waals surface area contributed by atoms with Crippen molar-refractivity contribution in [3.63, 3.8) is 0 Å². The van der Waals surface area contributed by atoms with Crippen LogP contribution in [0.15, 0.2) is 4.99 Å². The SMILES string of the molecule is CCN1CCCC1CNC(=NCC1CCS(=O)(=O)C1)N1CCCCC1.I. The number of guanidine groups is 1. The number of sulfone groups is 1. The molecule has 0 amide bonds. The molecule has 3 aliphatic heterocycles. The van der Waals surface area contributed by atoms with E-state index in [-0.39, 0.29) is 29.9 Å². The van der Waals surface area contributed by atoms with Crippen molar-refractivity contribution in [1.29, 1.82) is 0 Å². The van der Waals surface area contributed by atoms with Crippen molar-refractivity contribution in [2.24, 2.45) is 10.9 Å². The monoisotopic (exact) mass is 498 g/mol. The number of aliphatic imine (C=N–C) groups is 1. The van der Waals surface area contributed by atoms with Gasteiger partial charge in [-0.15, -0.1) is 24.0 Å². The van der Waals surface area contributed by atoms with Crippen LogP contribution in [-0.2, 0) is 9.84 Å². The fraction of sp³-hybridized carbons (Fsp3) is 0.944. The molecule has 3 rings (SSSR count). The van der Waals surface area contributed by atoms with E-state index in [1.54, 1.807) is 0 Å². The van der Waals surface area contributed by atoms with Crippen molar-refractivity contribution in [2.45, 2.75) is 51.5 Å². The molecule has 152 valence electrons. The van der Waals surface area contributed by atoms with E-state index in [4.69, 9.17) is 4.99 Å². The summed E-state index contributed by atoms with van der Waals surface area (Å²) in [5.41, 5.74) is 0. The van der Waals surface area contributed by atoms with Gasteiger partial charge in [0.15, 0.2) is 15.8 Å². The number of nitrogens with zero attached hydrogens (tertiary/aromatic N) is 3. The molecular formula is C18H35IN4O2S. The summed E-state index contributed by atoms with van der Waals surface area (Å²) in [5.74, 6) is 1.86. The number of nitrogens with one attached hydrogen (secondary N) is 1. The normalized spacial score (nSPS) is 29.6. The van der Waals surface area contributed by atoms with Crippen LogP contribution in [0.4, 0.5) is 0 Å². The minimum Gasteiger partial charge on any atom is -0.355 e. The quantitative estimate of drug-likeness (QED) is 0.357. The first-order valence-corrected chi connectivity index (χ1v) is 11.9. The predicted molar refractivity (Wildman–Crippen MR) is 118 cm³/mol. The molecule has 2 atom stereocenters. The molecule has 3 fully saturated rings. The Hall–Kier alpha value is -0.0900. The topological polar surface area (TPSA) is 65.0 Å². The van der Waals surface area contributed by atoms with Gasteiger partial charge in [-0.3, -0.25) is 9.89 Å². The van der Waals surface area contributed by atoms with Gasteiger partial charge in [0.25, 0.3) is 0 Å². The van der Waals surface area contributed by atoms with Crippen LogP contribution in [0.1, 0.15) is 45.4 Å². The number of piperidine rings is 1. The molecule has 3 aliphatic rings. The van der Waals surface area contributed by atoms with Crippen LogP contribution < -0.4 is 5.32 Å². The van der Waals surface area contributed by atoms with Crippen molar-refractivity contribution in [3.05, 3.63) is 0 Å². The third-order valence-electron chi connectivity index (χ3n) is 5.88. The molecule has 26 heavy (non-hydrogen) atoms. The van der Waals surface area contributed by atoms with Crippen LogP contribution in [0.2, 0.25) is 0 Å². The van der Waals surface area contributed by atoms with Gasteiger partial charge < -0.3 is 10.2 Å². The first-order chi connectivity index (χ1) is 12.1. The van der Waals surface area contributed by atoms with Gasteiger partial charge >= 0.3 is 0 Å². The fourth-order valence-electron chi connectivity index (χ4n) is 4.36. The molecule has 0 aromatic carbocycles. The maximum Gasteiger partial charge on any atom is 0.193 e. The Balaban J connectivity index is 0.00000243. The lowest BCUT2D eigenvalue weighted by atomic mass is 10.1. The molecule has 8 heteroatoms. The zero-order chi connectivity index (χ0) is 17.7. The number of likely N-dealkylation sites (N-methyl/N-ethyl adjacent to an activating group) is 1. The van der Waals surface area contributed by atoms with E-state index in [0.29, 0.717) is 24.1 Å². The first kappa shape index (κ1) is 22.2. The standard InChI is InChI=1S/C18H34N4O2S.HI/c1-2-21-11-6-7-17(21)14-20-18(22-9-4-3-5-10-22)19-13-16-8-12-25(23,24)15-16;/h16-17H,2-15H2,1H3,(H,19,20);1H. The Morgan fingerprint density at radius 3 is 2.54 bits per heavy atom. The zero-order valence-corrected chi connectivity index (χ0v) is 19.2. The second-order valence-electron chi connectivity index (χ2n) is 7.79. The highest BCUT2D eigenvalue weighted by atomic mass is 127. The Morgan fingerprint density at radius 1 is 1.12 bits per heavy atom. The van der Waals surface area contributed by atoms with Crippen LogP contribution in [0.25, 0.3) is 0 Å². The second kappa shape index (κ2) is 10.5. The molecule has 2 unspecified atom stereocenters. The Bertz CT molecular complexity index is 564. The number of hydrogen-bond acceptors (Lipinski definition) is 4. The largest absolute Gasteiger partial charge is 0.355 e. The summed E-state index contributed by atoms with van der Waals surface area (Å²) in [4.78, 5) is 9.77. The minimum absolute atomic E-state index is 0. The maximum atomic E-state index is 11.7. The minimum atomic E-state index is -2.81. The van der Waals surface area contributed by atoms with Crippen LogP contribution in [0.3, 0.4) is 0 Å². The van der Waals surface area contributed by atoms with Crippen LogP contribution in [0.5, 0.6) is 0 Å². The highest BCUT2D eigenvalue weighted by Crippen LogP contribution is 2.19. The maximum absolute atomic E-state index is 11.7. The number of likely N-dealkylation sites (tertiary alicyclic amines) is 2. The molecule has 1 N–H and O–H groups in total. The highest BCUT2D eigenvalue weighted by Gasteiger charge is 2.28. The Morgan fingerprint density at radius 2 is 1.88 bits per heavy atom. The van der Waals surface area contributed by atoms with Crippen LogP contribution in [-0.4, -0.2) is 81.0 Å². The molecule has 0 aromatic rings. The van der Waals surface area contributed by atoms with Gasteiger partial charge in [0, 0.05) is 32.2 Å². The number of halogens is 1. The molecule has 3 saturated heterocycles. The fourth-order valence-corrected chi connectivity index (χ4v) is 6.21. The van der Waals surface area contributed by atoms with Gasteiger partial charge in [-0.2, -0.15) is 0 Å². The summed E-state index contributed by atoms with van der Waals surface area (Å²) < 4.78 is 23.4. The number of hydrogen-bond donors (Lipinski definition) is 1. The van der Waals surface area contributed by atoms with Gasteiger partial charge in [0.05, 0.1) is 11.5 Å². The molecule has 0 radical (unpaired) electrons. The predicted octanol–water partition coefficient (Wildman–Crippen LogP) is 1.95. The van der Waals surface area contributed by atoms with Crippen LogP contribution in [0, 0.1) is 5.92 Å². The smallest absolute Gasteiger partial charge is 0.193 e. The van der Waals surface area contributed by atoms with Crippen molar-refractivity contribution in [3.8, 4) is 0 Å². The molecule has 0 saturated carbocycles. The summed E-state index contributed by atoms with van der Waals surface area (Å²) in [6.07, 6.45) is 7.07. The highest BCUT2D eigenvalue weighted by molar-refractivity contribution is 14.0. The van der Waals surface area contributed by atoms with E-state index < -0.39 is 9.84 Å². The lowest BCUT2D eigenvalue weighted by Crippen LogP contribution is -2.48. The molecule has 6 nitrogen and oxygen atoms in total. The van der Waals surface area contributed by atoms with E-state index in [2.05, 4.69) is 22.0 Å². The van der Waals surface area contributed by atoms with E-state index in [1.807, 2.05) is 0 Å². The lowest BCUT2D eigenvalue weighted by molar-refractivity contribution is 0.262. The summed E-state index contributed by atoms with van der Waals surface area (Å²) >= 11 is 0. The van der Waals surface area contributed by atoms with Crippen molar-refractivity contribution < 1.29 is 8.42 Å². The van der Waals surface area contributed by atoms with Gasteiger partial charge in [0.1, 0.15) is 0 Å². The third-order valence-corrected chi connectivity index (χ3v) is 7.72. The summed E-state index contributed by atoms with van der Waals surface area (Å²) in [6, 6.07) is 0.604. The average molecular weight is 498 g/mol. The number of rotatable bonds is 5. The first-order valence-electron chi connectivity index (χ1n) is 10.0. The summed E-state index contributed by atoms with van der Waals surface area (Å²) in [7, 11) is -2.81. The summed E-state index contributed by atoms with van der Waals surface area (Å²) in [6.45, 7) is 8.28. The van der Waals surface area contributed by atoms with Gasteiger partial charge in [-0.1, -0.05) is 6.92 Å². The van der Waals surface area contributed by atoms with Gasteiger partial charge in [-0.05, 0) is 57.5 Å². The average Bonchev–Trinajstić information content (AvgIpc) is 3.21. The summed E-state index contributed by atoms with van der Waals surface area (Å²) in [5, 5.41) is 3.63. The third kappa shape index (κ3) is 6.22. The van der Waals surface area contributed by atoms with E-state index in [1.165, 1.54) is 38.6 Å². The van der Waals surface area contributed by atoms with Crippen molar-refractivity contribution >= 4 is 39.8 Å². The van der Waals surface area contributed by atoms with E-state index >= 15 is 0 Å². The molecule has 0 aromatic heterocycles. The van der Waals surface area contributed by atoms with Crippen molar-refractivity contribution in [1.82, 2.24) is 15.1 Å². The molecular weight excluding hydrogens is 463 g/mol. The van der Waals surface area contributed by atoms with Gasteiger partial charge in [0.2, 0.25) is 0 Å². The molecule has 0 bridgehead atoms. The molecule has 0 aliphatic carbocycles. The van der Waals surface area contributed by atoms with E-state index in [0.717, 1.165) is 38.6 Å². The van der Waals surface area contributed by atoms with E-state index in [9.17, 15) is 8.42 Å². The molecule has 3 heterocycles. The van der Waals surface area contributed by atoms with Crippen LogP contribution >= 0.6 is 24.0 Å². The second-order valence-corrected chi connectivity index (χ2v) is 10.0. The zero-order valence-electron chi connectivity index (χ0n) is 16.0. The lowest BCUT2D eigenvalue weighted by Gasteiger charge is -2.32. The Labute approximate surface area is 176 Å². The Kier molecular flexibility index (Phi) is 8.93. The van der Waals surface area contributed by atoms with Crippen molar-refractivity contribution in [2.75, 3.05) is 50.8 Å².